The number of hydrogen-bond acceptors (Lipinski definition) is 5. The van der Waals surface area contributed by atoms with E-state index in [0.29, 0.717) is 11.4 Å². The molecule has 0 spiro atoms. The number of aliphatic hydroxyl groups is 1. The first-order valence-corrected chi connectivity index (χ1v) is 5.48. The van der Waals surface area contributed by atoms with Gasteiger partial charge in [-0.15, -0.1) is 0 Å². The number of rotatable bonds is 4. The maximum atomic E-state index is 10.7. The second kappa shape index (κ2) is 4.83. The second-order valence-corrected chi connectivity index (χ2v) is 5.16. The first-order valence-electron chi connectivity index (χ1n) is 4.40. The number of ether oxygens (including phenoxy) is 1. The molecule has 0 aromatic heterocycles. The molecule has 0 amide bonds. The molecule has 1 atom stereocenters. The Balaban J connectivity index is 3.05. The van der Waals surface area contributed by atoms with Crippen LogP contribution >= 0.6 is 22.6 Å². The Kier molecular flexibility index (Phi) is 3.92. The SMILES string of the molecule is CNc1cc(OC(C)(O)I)ccc1[N+](=O)[O-]. The Bertz CT molecular complexity index is 403. The average molecular weight is 338 g/mol. The summed E-state index contributed by atoms with van der Waals surface area (Å²) in [7, 11) is 1.58. The third-order valence-electron chi connectivity index (χ3n) is 1.74. The van der Waals surface area contributed by atoms with Crippen LogP contribution in [0.25, 0.3) is 0 Å². The molecule has 0 radical (unpaired) electrons. The van der Waals surface area contributed by atoms with Crippen molar-refractivity contribution in [1.29, 1.82) is 0 Å². The highest BCUT2D eigenvalue weighted by Gasteiger charge is 2.19. The number of nitro benzene ring substituents is 1. The summed E-state index contributed by atoms with van der Waals surface area (Å²) < 4.78 is 3.81. The van der Waals surface area contributed by atoms with Crippen molar-refractivity contribution in [3.05, 3.63) is 28.3 Å². The smallest absolute Gasteiger partial charge is 0.292 e. The third kappa shape index (κ3) is 3.49. The van der Waals surface area contributed by atoms with Gasteiger partial charge in [0.2, 0.25) is 0 Å². The molecular formula is C9H11IN2O4. The minimum atomic E-state index is -1.35. The molecule has 0 aliphatic carbocycles. The Morgan fingerprint density at radius 3 is 2.69 bits per heavy atom. The minimum Gasteiger partial charge on any atom is -0.454 e. The largest absolute Gasteiger partial charge is 0.454 e. The van der Waals surface area contributed by atoms with E-state index in [9.17, 15) is 15.2 Å². The third-order valence-corrected chi connectivity index (χ3v) is 1.96. The number of anilines is 1. The Labute approximate surface area is 106 Å². The monoisotopic (exact) mass is 338 g/mol. The van der Waals surface area contributed by atoms with Gasteiger partial charge < -0.3 is 15.2 Å². The van der Waals surface area contributed by atoms with Crippen LogP contribution in [-0.4, -0.2) is 20.9 Å². The van der Waals surface area contributed by atoms with Gasteiger partial charge in [-0.3, -0.25) is 10.1 Å². The van der Waals surface area contributed by atoms with Crippen molar-refractivity contribution in [2.45, 2.75) is 10.7 Å². The summed E-state index contributed by atoms with van der Waals surface area (Å²) in [4.78, 5) is 10.2. The van der Waals surface area contributed by atoms with Gasteiger partial charge in [0.15, 0.2) is 0 Å². The molecule has 0 heterocycles. The van der Waals surface area contributed by atoms with Gasteiger partial charge in [-0.2, -0.15) is 0 Å². The molecule has 88 valence electrons. The van der Waals surface area contributed by atoms with Gasteiger partial charge >= 0.3 is 0 Å². The highest BCUT2D eigenvalue weighted by molar-refractivity contribution is 14.1. The summed E-state index contributed by atoms with van der Waals surface area (Å²) in [5.74, 6) is 0.356. The highest BCUT2D eigenvalue weighted by Crippen LogP contribution is 2.30. The number of nitrogens with zero attached hydrogens (tertiary/aromatic N) is 1. The number of nitro groups is 1. The van der Waals surface area contributed by atoms with Crippen molar-refractivity contribution in [3.63, 3.8) is 0 Å². The van der Waals surface area contributed by atoms with Gasteiger partial charge in [-0.25, -0.2) is 0 Å². The minimum absolute atomic E-state index is 0.0389. The van der Waals surface area contributed by atoms with Crippen molar-refractivity contribution in [3.8, 4) is 5.75 Å². The lowest BCUT2D eigenvalue weighted by Crippen LogP contribution is -2.22. The van der Waals surface area contributed by atoms with Gasteiger partial charge in [-0.05, 0) is 6.07 Å². The number of hydrogen-bond donors (Lipinski definition) is 2. The summed E-state index contributed by atoms with van der Waals surface area (Å²) >= 11 is 1.71. The van der Waals surface area contributed by atoms with Gasteiger partial charge in [0.1, 0.15) is 11.4 Å². The van der Waals surface area contributed by atoms with Crippen molar-refractivity contribution < 1.29 is 14.8 Å². The van der Waals surface area contributed by atoms with Gasteiger partial charge in [-0.1, -0.05) is 0 Å². The number of benzene rings is 1. The molecule has 1 unspecified atom stereocenters. The lowest BCUT2D eigenvalue weighted by atomic mass is 10.2. The zero-order valence-corrected chi connectivity index (χ0v) is 10.9. The lowest BCUT2D eigenvalue weighted by Gasteiger charge is -2.18. The molecule has 0 aliphatic rings. The van der Waals surface area contributed by atoms with Crippen LogP contribution in [0, 0.1) is 10.1 Å². The van der Waals surface area contributed by atoms with E-state index in [1.54, 1.807) is 29.6 Å². The predicted molar refractivity (Wildman–Crippen MR) is 67.9 cm³/mol. The Morgan fingerprint density at radius 1 is 1.62 bits per heavy atom. The Hall–Kier alpha value is -1.09. The topological polar surface area (TPSA) is 84.6 Å². The fourth-order valence-corrected chi connectivity index (χ4v) is 1.41. The Morgan fingerprint density at radius 2 is 2.25 bits per heavy atom. The molecule has 1 aromatic carbocycles. The average Bonchev–Trinajstić information content (AvgIpc) is 2.14. The van der Waals surface area contributed by atoms with Crippen LogP contribution in [0.2, 0.25) is 0 Å². The standard InChI is InChI=1S/C9H11IN2O4/c1-9(10,13)16-6-3-4-8(12(14)15)7(5-6)11-2/h3-5,11,13H,1-2H3. The molecular weight excluding hydrogens is 327 g/mol. The molecule has 0 saturated heterocycles. The van der Waals surface area contributed by atoms with E-state index in [4.69, 9.17) is 4.74 Å². The summed E-state index contributed by atoms with van der Waals surface area (Å²) in [5.41, 5.74) is 0.297. The molecule has 7 heteroatoms. The van der Waals surface area contributed by atoms with E-state index >= 15 is 0 Å². The van der Waals surface area contributed by atoms with Gasteiger partial charge in [0.25, 0.3) is 9.48 Å². The van der Waals surface area contributed by atoms with E-state index in [2.05, 4.69) is 5.32 Å². The highest BCUT2D eigenvalue weighted by atomic mass is 127. The fraction of sp³-hybridized carbons (Fsp3) is 0.333. The van der Waals surface area contributed by atoms with Crippen LogP contribution in [0.4, 0.5) is 11.4 Å². The predicted octanol–water partition coefficient (Wildman–Crippen LogP) is 2.12. The lowest BCUT2D eigenvalue weighted by molar-refractivity contribution is -0.384. The summed E-state index contributed by atoms with van der Waals surface area (Å²) in [5, 5.41) is 22.8. The molecule has 0 bridgehead atoms. The van der Waals surface area contributed by atoms with Gasteiger partial charge in [0.05, 0.1) is 4.92 Å². The molecule has 6 nitrogen and oxygen atoms in total. The summed E-state index contributed by atoms with van der Waals surface area (Å²) in [6.45, 7) is 1.47. The summed E-state index contributed by atoms with van der Waals surface area (Å²) in [6.07, 6.45) is 0. The van der Waals surface area contributed by atoms with E-state index < -0.39 is 8.72 Å². The zero-order chi connectivity index (χ0) is 12.3. The second-order valence-electron chi connectivity index (χ2n) is 3.16. The van der Waals surface area contributed by atoms with Crippen LogP contribution in [0.15, 0.2) is 18.2 Å². The molecule has 1 rings (SSSR count). The zero-order valence-electron chi connectivity index (χ0n) is 8.73. The van der Waals surface area contributed by atoms with Crippen molar-refractivity contribution in [2.24, 2.45) is 0 Å². The van der Waals surface area contributed by atoms with E-state index in [-0.39, 0.29) is 5.69 Å². The molecule has 0 saturated carbocycles. The first-order chi connectivity index (χ1) is 7.33. The number of alkyl halides is 1. The quantitative estimate of drug-likeness (QED) is 0.289. The van der Waals surface area contributed by atoms with Crippen LogP contribution in [0.3, 0.4) is 0 Å². The van der Waals surface area contributed by atoms with Crippen molar-refractivity contribution >= 4 is 34.0 Å². The van der Waals surface area contributed by atoms with Gasteiger partial charge in [0, 0.05) is 48.7 Å². The molecule has 16 heavy (non-hydrogen) atoms. The van der Waals surface area contributed by atoms with Crippen LogP contribution in [-0.2, 0) is 0 Å². The molecule has 1 aromatic rings. The van der Waals surface area contributed by atoms with Crippen molar-refractivity contribution in [2.75, 3.05) is 12.4 Å². The van der Waals surface area contributed by atoms with E-state index in [0.717, 1.165) is 0 Å². The van der Waals surface area contributed by atoms with E-state index in [1.807, 2.05) is 0 Å². The molecule has 0 fully saturated rings. The van der Waals surface area contributed by atoms with Crippen LogP contribution < -0.4 is 10.1 Å². The number of halogens is 1. The molecule has 2 N–H and O–H groups in total. The van der Waals surface area contributed by atoms with Crippen LogP contribution in [0.1, 0.15) is 6.92 Å². The normalized spacial score (nSPS) is 14.0. The first kappa shape index (κ1) is 13.0. The fourth-order valence-electron chi connectivity index (χ4n) is 1.15. The summed E-state index contributed by atoms with van der Waals surface area (Å²) in [6, 6.07) is 4.22. The maximum Gasteiger partial charge on any atom is 0.292 e. The van der Waals surface area contributed by atoms with Crippen molar-refractivity contribution in [1.82, 2.24) is 0 Å². The maximum absolute atomic E-state index is 10.7. The number of nitrogens with one attached hydrogen (secondary N) is 1. The van der Waals surface area contributed by atoms with Crippen LogP contribution in [0.5, 0.6) is 5.75 Å². The van der Waals surface area contributed by atoms with E-state index in [1.165, 1.54) is 25.1 Å². The molecule has 0 aliphatic heterocycles.